The van der Waals surface area contributed by atoms with Gasteiger partial charge < -0.3 is 45.1 Å². The molecule has 0 spiro atoms. The number of amides is 1. The minimum absolute atomic E-state index is 0. The molecule has 0 radical (unpaired) electrons. The third kappa shape index (κ3) is 9.42. The van der Waals surface area contributed by atoms with E-state index in [4.69, 9.17) is 14.2 Å². The van der Waals surface area contributed by atoms with E-state index < -0.39 is 23.0 Å². The van der Waals surface area contributed by atoms with E-state index in [1.807, 2.05) is 0 Å². The molecule has 0 bridgehead atoms. The Labute approximate surface area is 303 Å². The Hall–Kier alpha value is -3.96. The Bertz CT molecular complexity index is 1780. The van der Waals surface area contributed by atoms with Crippen molar-refractivity contribution in [3.8, 4) is 22.9 Å². The number of hydrogen-bond acceptors (Lipinski definition) is 5. The maximum absolute atomic E-state index is 14.1. The molecule has 1 amide bonds. The number of ether oxygens (including phenoxy) is 3. The van der Waals surface area contributed by atoms with Gasteiger partial charge in [0.15, 0.2) is 0 Å². The number of piperidine rings is 1. The molecule has 0 N–H and O–H groups in total. The van der Waals surface area contributed by atoms with Crippen LogP contribution in [-0.4, -0.2) is 69.0 Å². The molecule has 1 aliphatic heterocycles. The summed E-state index contributed by atoms with van der Waals surface area (Å²) in [4.78, 5) is 29.0. The van der Waals surface area contributed by atoms with Crippen molar-refractivity contribution in [3.63, 3.8) is 0 Å². The van der Waals surface area contributed by atoms with Gasteiger partial charge in [0.2, 0.25) is 5.43 Å². The molecule has 5 rings (SSSR count). The molecule has 4 aromatic rings. The van der Waals surface area contributed by atoms with Crippen molar-refractivity contribution in [1.29, 1.82) is 0 Å². The number of methoxy groups -OCH3 is 2. The molecular formula is C39H48BrF2N3O5. The lowest BCUT2D eigenvalue weighted by atomic mass is 10.1. The number of anilines is 1. The molecule has 0 unspecified atom stereocenters. The highest BCUT2D eigenvalue weighted by Crippen LogP contribution is 2.30. The van der Waals surface area contributed by atoms with Crippen LogP contribution in [-0.2, 0) is 0 Å². The molecular weight excluding hydrogens is 708 g/mol. The highest BCUT2D eigenvalue weighted by molar-refractivity contribution is 6.07. The van der Waals surface area contributed by atoms with Crippen LogP contribution in [0.3, 0.4) is 0 Å². The maximum Gasteiger partial charge on any atom is 0.263 e. The fourth-order valence-electron chi connectivity index (χ4n) is 6.79. The number of benzene rings is 3. The van der Waals surface area contributed by atoms with E-state index in [0.29, 0.717) is 35.1 Å². The molecule has 270 valence electrons. The molecule has 1 fully saturated rings. The van der Waals surface area contributed by atoms with Gasteiger partial charge in [-0.3, -0.25) is 9.59 Å². The van der Waals surface area contributed by atoms with Crippen LogP contribution in [0.15, 0.2) is 65.6 Å². The fraction of sp³-hybridized carbons (Fsp3) is 0.436. The summed E-state index contributed by atoms with van der Waals surface area (Å²) in [6, 6.07) is 13.3. The van der Waals surface area contributed by atoms with Crippen molar-refractivity contribution >= 4 is 22.5 Å². The van der Waals surface area contributed by atoms with Crippen LogP contribution in [0, 0.1) is 11.6 Å². The molecule has 0 aliphatic carbocycles. The summed E-state index contributed by atoms with van der Waals surface area (Å²) in [7, 11) is 5.47. The zero-order valence-corrected chi connectivity index (χ0v) is 31.1. The van der Waals surface area contributed by atoms with Crippen LogP contribution in [0.1, 0.15) is 68.6 Å². The summed E-state index contributed by atoms with van der Waals surface area (Å²) in [5, 5.41) is 0.284. The topological polar surface area (TPSA) is 70.0 Å². The number of aromatic nitrogens is 1. The number of carbonyl (C=O) groups excluding carboxylic acids is 1. The number of unbranched alkanes of at least 4 members (excludes halogenated alkanes) is 4. The SMILES string of the molecule is CCN(C(=O)c1cn(-c2cc(OC)cc(OC)c2)c2cc(OCCCCCCC[N+]3(C)CCCCC3)ccc2c1=O)c1cc(F)cc(F)c1.[Br-]. The average molecular weight is 757 g/mol. The first-order valence-electron chi connectivity index (χ1n) is 17.3. The number of rotatable bonds is 15. The summed E-state index contributed by atoms with van der Waals surface area (Å²) >= 11 is 0. The third-order valence-electron chi connectivity index (χ3n) is 9.55. The zero-order valence-electron chi connectivity index (χ0n) is 29.5. The minimum atomic E-state index is -0.823. The van der Waals surface area contributed by atoms with E-state index in [9.17, 15) is 18.4 Å². The second-order valence-corrected chi connectivity index (χ2v) is 13.1. The lowest BCUT2D eigenvalue weighted by Crippen LogP contribution is -3.00. The van der Waals surface area contributed by atoms with Gasteiger partial charge in [-0.15, -0.1) is 0 Å². The predicted molar refractivity (Wildman–Crippen MR) is 190 cm³/mol. The highest BCUT2D eigenvalue weighted by Gasteiger charge is 2.25. The first kappa shape index (κ1) is 38.8. The van der Waals surface area contributed by atoms with Crippen LogP contribution in [0.5, 0.6) is 17.2 Å². The number of likely N-dealkylation sites (tertiary alicyclic amines) is 1. The Morgan fingerprint density at radius 2 is 1.48 bits per heavy atom. The van der Waals surface area contributed by atoms with Gasteiger partial charge in [-0.1, -0.05) is 12.8 Å². The lowest BCUT2D eigenvalue weighted by Gasteiger charge is -2.37. The van der Waals surface area contributed by atoms with E-state index >= 15 is 0 Å². The predicted octanol–water partition coefficient (Wildman–Crippen LogP) is 4.92. The molecule has 0 saturated carbocycles. The fourth-order valence-corrected chi connectivity index (χ4v) is 6.79. The summed E-state index contributed by atoms with van der Waals surface area (Å²) in [6.45, 7) is 6.18. The Morgan fingerprint density at radius 1 is 0.840 bits per heavy atom. The molecule has 1 aromatic heterocycles. The first-order valence-corrected chi connectivity index (χ1v) is 17.3. The van der Waals surface area contributed by atoms with E-state index in [1.54, 1.807) is 47.9 Å². The Kier molecular flexibility index (Phi) is 13.8. The monoisotopic (exact) mass is 755 g/mol. The van der Waals surface area contributed by atoms with E-state index in [1.165, 1.54) is 88.0 Å². The Morgan fingerprint density at radius 3 is 2.12 bits per heavy atom. The van der Waals surface area contributed by atoms with Gasteiger partial charge in [0.25, 0.3) is 5.91 Å². The molecule has 3 aromatic carbocycles. The second kappa shape index (κ2) is 17.8. The van der Waals surface area contributed by atoms with Gasteiger partial charge in [-0.25, -0.2) is 8.78 Å². The molecule has 50 heavy (non-hydrogen) atoms. The van der Waals surface area contributed by atoms with Gasteiger partial charge >= 0.3 is 0 Å². The first-order chi connectivity index (χ1) is 23.6. The lowest BCUT2D eigenvalue weighted by molar-refractivity contribution is -0.914. The van der Waals surface area contributed by atoms with Gasteiger partial charge in [-0.05, 0) is 69.7 Å². The standard InChI is InChI=1S/C39H48F2N3O5.BrH/c1-5-42(30-21-28(40)20-29(41)22-30)39(46)36-27-43(31-23-33(47-3)25-34(24-31)48-4)37-26-32(14-15-35(37)38(36)45)49-19-13-8-6-7-10-16-44(2)17-11-9-12-18-44;/h14-15,20-27H,5-13,16-19H2,1-4H3;1H/q+1;/p-1. The maximum atomic E-state index is 14.1. The summed E-state index contributed by atoms with van der Waals surface area (Å²) in [6.07, 6.45) is 11.2. The van der Waals surface area contributed by atoms with Gasteiger partial charge in [-0.2, -0.15) is 0 Å². The number of pyridine rings is 1. The molecule has 8 nitrogen and oxygen atoms in total. The molecule has 1 aliphatic rings. The van der Waals surface area contributed by atoms with Crippen molar-refractivity contribution in [2.24, 2.45) is 0 Å². The minimum Gasteiger partial charge on any atom is -1.00 e. The van der Waals surface area contributed by atoms with Crippen LogP contribution < -0.4 is 41.5 Å². The van der Waals surface area contributed by atoms with Gasteiger partial charge in [0.05, 0.1) is 58.7 Å². The van der Waals surface area contributed by atoms with Crippen molar-refractivity contribution < 1.29 is 49.3 Å². The van der Waals surface area contributed by atoms with E-state index in [2.05, 4.69) is 7.05 Å². The van der Waals surface area contributed by atoms with Gasteiger partial charge in [0, 0.05) is 54.1 Å². The molecule has 1 saturated heterocycles. The average Bonchev–Trinajstić information content (AvgIpc) is 3.09. The quantitative estimate of drug-likeness (QED) is 0.127. The second-order valence-electron chi connectivity index (χ2n) is 13.1. The summed E-state index contributed by atoms with van der Waals surface area (Å²) in [5.74, 6) is -0.705. The normalized spacial score (nSPS) is 13.8. The summed E-state index contributed by atoms with van der Waals surface area (Å²) < 4.78 is 48.3. The molecule has 2 heterocycles. The number of fused-ring (bicyclic) bond motifs is 1. The van der Waals surface area contributed by atoms with Gasteiger partial charge in [0.1, 0.15) is 34.4 Å². The van der Waals surface area contributed by atoms with Crippen LogP contribution in [0.25, 0.3) is 16.6 Å². The largest absolute Gasteiger partial charge is 1.00 e. The number of hydrogen-bond donors (Lipinski definition) is 0. The van der Waals surface area contributed by atoms with E-state index in [-0.39, 0.29) is 40.2 Å². The zero-order chi connectivity index (χ0) is 35.0. The summed E-state index contributed by atoms with van der Waals surface area (Å²) in [5.41, 5.74) is 0.441. The van der Waals surface area contributed by atoms with Crippen molar-refractivity contribution in [2.75, 3.05) is 59.0 Å². The number of quaternary nitrogens is 1. The van der Waals surface area contributed by atoms with Crippen molar-refractivity contribution in [3.05, 3.63) is 88.2 Å². The van der Waals surface area contributed by atoms with Crippen LogP contribution in [0.2, 0.25) is 0 Å². The van der Waals surface area contributed by atoms with Crippen LogP contribution in [0.4, 0.5) is 14.5 Å². The Balaban J connectivity index is 0.00000562. The number of nitrogens with zero attached hydrogens (tertiary/aromatic N) is 3. The highest BCUT2D eigenvalue weighted by atomic mass is 79.9. The number of halogens is 3. The molecule has 0 atom stereocenters. The molecule has 11 heteroatoms. The smallest absolute Gasteiger partial charge is 0.263 e. The van der Waals surface area contributed by atoms with E-state index in [0.717, 1.165) is 31.0 Å². The third-order valence-corrected chi connectivity index (χ3v) is 9.55. The number of carbonyl (C=O) groups is 1. The van der Waals surface area contributed by atoms with Crippen molar-refractivity contribution in [2.45, 2.75) is 58.3 Å². The van der Waals surface area contributed by atoms with Crippen molar-refractivity contribution in [1.82, 2.24) is 4.57 Å². The van der Waals surface area contributed by atoms with Crippen LogP contribution >= 0.6 is 0 Å².